The second-order valence-electron chi connectivity index (χ2n) is 5.89. The summed E-state index contributed by atoms with van der Waals surface area (Å²) in [6.45, 7) is 4.95. The first-order chi connectivity index (χ1) is 8.97. The van der Waals surface area contributed by atoms with Crippen molar-refractivity contribution in [2.45, 2.75) is 46.0 Å². The van der Waals surface area contributed by atoms with Crippen molar-refractivity contribution in [1.82, 2.24) is 15.1 Å². The maximum Gasteiger partial charge on any atom is 0.271 e. The molecule has 0 spiro atoms. The molecule has 1 fully saturated rings. The molecule has 5 nitrogen and oxygen atoms in total. The van der Waals surface area contributed by atoms with E-state index in [1.807, 2.05) is 6.92 Å². The van der Waals surface area contributed by atoms with Gasteiger partial charge in [0.25, 0.3) is 5.91 Å². The van der Waals surface area contributed by atoms with Crippen LogP contribution < -0.4 is 11.1 Å². The molecule has 0 saturated heterocycles. The summed E-state index contributed by atoms with van der Waals surface area (Å²) < 4.78 is 1.58. The van der Waals surface area contributed by atoms with Crippen LogP contribution in [-0.2, 0) is 13.5 Å². The summed E-state index contributed by atoms with van der Waals surface area (Å²) in [4.78, 5) is 12.3. The molecule has 2 rings (SSSR count). The fourth-order valence-corrected chi connectivity index (χ4v) is 2.91. The van der Waals surface area contributed by atoms with Crippen molar-refractivity contribution in [2.24, 2.45) is 12.5 Å². The Morgan fingerprint density at radius 1 is 1.47 bits per heavy atom. The van der Waals surface area contributed by atoms with Crippen LogP contribution in [0.5, 0.6) is 0 Å². The third-order valence-electron chi connectivity index (χ3n) is 4.20. The number of nitrogen functional groups attached to an aromatic ring is 1. The summed E-state index contributed by atoms with van der Waals surface area (Å²) in [5.41, 5.74) is 8.02. The molecular weight excluding hydrogens is 240 g/mol. The van der Waals surface area contributed by atoms with Gasteiger partial charge in [-0.25, -0.2) is 0 Å². The van der Waals surface area contributed by atoms with Crippen molar-refractivity contribution >= 4 is 11.6 Å². The molecule has 1 aliphatic rings. The van der Waals surface area contributed by atoms with Crippen LogP contribution >= 0.6 is 0 Å². The number of aryl methyl sites for hydroxylation is 2. The lowest BCUT2D eigenvalue weighted by atomic mass is 9.89. The second kappa shape index (κ2) is 5.23. The molecular formula is C14H24N4O. The van der Waals surface area contributed by atoms with Gasteiger partial charge in [0.15, 0.2) is 0 Å². The van der Waals surface area contributed by atoms with Crippen LogP contribution in [0, 0.1) is 5.41 Å². The first-order valence-electron chi connectivity index (χ1n) is 7.06. The average Bonchev–Trinajstić information content (AvgIpc) is 2.92. The van der Waals surface area contributed by atoms with Gasteiger partial charge in [-0.15, -0.1) is 0 Å². The van der Waals surface area contributed by atoms with E-state index in [2.05, 4.69) is 17.3 Å². The zero-order chi connectivity index (χ0) is 14.0. The summed E-state index contributed by atoms with van der Waals surface area (Å²) in [6, 6.07) is 0. The zero-order valence-electron chi connectivity index (χ0n) is 12.1. The molecule has 3 N–H and O–H groups in total. The van der Waals surface area contributed by atoms with Crippen LogP contribution in [0.3, 0.4) is 0 Å². The van der Waals surface area contributed by atoms with Crippen LogP contribution in [0.2, 0.25) is 0 Å². The molecule has 106 valence electrons. The van der Waals surface area contributed by atoms with Gasteiger partial charge in [0, 0.05) is 13.6 Å². The monoisotopic (exact) mass is 264 g/mol. The normalized spacial score (nSPS) is 17.6. The quantitative estimate of drug-likeness (QED) is 0.872. The number of hydrogen-bond donors (Lipinski definition) is 2. The van der Waals surface area contributed by atoms with Gasteiger partial charge >= 0.3 is 0 Å². The molecule has 1 heterocycles. The molecule has 0 aromatic carbocycles. The smallest absolute Gasteiger partial charge is 0.271 e. The third-order valence-corrected chi connectivity index (χ3v) is 4.20. The van der Waals surface area contributed by atoms with Crippen molar-refractivity contribution in [2.75, 3.05) is 12.3 Å². The van der Waals surface area contributed by atoms with Crippen LogP contribution in [0.15, 0.2) is 0 Å². The van der Waals surface area contributed by atoms with E-state index in [0.717, 1.165) is 18.7 Å². The van der Waals surface area contributed by atoms with Crippen molar-refractivity contribution in [1.29, 1.82) is 0 Å². The van der Waals surface area contributed by atoms with Crippen molar-refractivity contribution < 1.29 is 4.79 Å². The molecule has 19 heavy (non-hydrogen) atoms. The molecule has 0 bridgehead atoms. The van der Waals surface area contributed by atoms with E-state index in [1.165, 1.54) is 25.7 Å². The Bertz CT molecular complexity index is 472. The largest absolute Gasteiger partial charge is 0.395 e. The fourth-order valence-electron chi connectivity index (χ4n) is 2.91. The number of aromatic nitrogens is 2. The van der Waals surface area contributed by atoms with Gasteiger partial charge < -0.3 is 11.1 Å². The molecule has 0 atom stereocenters. The summed E-state index contributed by atoms with van der Waals surface area (Å²) in [6.07, 6.45) is 5.65. The predicted molar refractivity (Wildman–Crippen MR) is 75.9 cm³/mol. The number of nitrogens with one attached hydrogen (secondary N) is 1. The number of rotatable bonds is 4. The average molecular weight is 264 g/mol. The number of hydrogen-bond acceptors (Lipinski definition) is 3. The van der Waals surface area contributed by atoms with E-state index in [4.69, 9.17) is 5.73 Å². The Labute approximate surface area is 114 Å². The van der Waals surface area contributed by atoms with Crippen molar-refractivity contribution in [3.8, 4) is 0 Å². The fraction of sp³-hybridized carbons (Fsp3) is 0.714. The zero-order valence-corrected chi connectivity index (χ0v) is 12.1. The number of nitrogens with zero attached hydrogens (tertiary/aromatic N) is 2. The van der Waals surface area contributed by atoms with Crippen LogP contribution in [0.1, 0.15) is 55.7 Å². The first kappa shape index (κ1) is 13.9. The summed E-state index contributed by atoms with van der Waals surface area (Å²) >= 11 is 0. The third kappa shape index (κ3) is 2.74. The van der Waals surface area contributed by atoms with Gasteiger partial charge in [0.1, 0.15) is 5.69 Å². The highest BCUT2D eigenvalue weighted by atomic mass is 16.2. The highest BCUT2D eigenvalue weighted by Gasteiger charge is 2.29. The second-order valence-corrected chi connectivity index (χ2v) is 5.89. The van der Waals surface area contributed by atoms with E-state index in [0.29, 0.717) is 11.4 Å². The summed E-state index contributed by atoms with van der Waals surface area (Å²) in [5.74, 6) is -0.111. The van der Waals surface area contributed by atoms with Gasteiger partial charge in [0.05, 0.1) is 11.4 Å². The maximum absolute atomic E-state index is 12.3. The topological polar surface area (TPSA) is 72.9 Å². The minimum absolute atomic E-state index is 0.111. The van der Waals surface area contributed by atoms with Gasteiger partial charge in [-0.3, -0.25) is 9.48 Å². The molecule has 0 aliphatic heterocycles. The molecule has 1 saturated carbocycles. The summed E-state index contributed by atoms with van der Waals surface area (Å²) in [7, 11) is 1.77. The molecule has 5 heteroatoms. The minimum Gasteiger partial charge on any atom is -0.395 e. The van der Waals surface area contributed by atoms with Crippen LogP contribution in [-0.4, -0.2) is 22.2 Å². The number of nitrogens with two attached hydrogens (primary N) is 1. The lowest BCUT2D eigenvalue weighted by molar-refractivity contribution is 0.0925. The molecule has 1 amide bonds. The Hall–Kier alpha value is -1.52. The molecule has 1 aliphatic carbocycles. The number of carbonyl (C=O) groups is 1. The maximum atomic E-state index is 12.3. The first-order valence-corrected chi connectivity index (χ1v) is 7.06. The van der Waals surface area contributed by atoms with Crippen molar-refractivity contribution in [3.05, 3.63) is 11.4 Å². The van der Waals surface area contributed by atoms with Gasteiger partial charge in [0.2, 0.25) is 0 Å². The molecule has 0 unspecified atom stereocenters. The van der Waals surface area contributed by atoms with Gasteiger partial charge in [-0.05, 0) is 24.7 Å². The Morgan fingerprint density at radius 2 is 2.11 bits per heavy atom. The van der Waals surface area contributed by atoms with E-state index < -0.39 is 0 Å². The highest BCUT2D eigenvalue weighted by Crippen LogP contribution is 2.36. The SMILES string of the molecule is CCc1nn(C)c(C(=O)NCC2(C)CCCC2)c1N. The number of carbonyl (C=O) groups excluding carboxylic acids is 1. The lowest BCUT2D eigenvalue weighted by Gasteiger charge is -2.23. The lowest BCUT2D eigenvalue weighted by Crippen LogP contribution is -2.35. The Kier molecular flexibility index (Phi) is 3.83. The summed E-state index contributed by atoms with van der Waals surface area (Å²) in [5, 5.41) is 7.30. The Morgan fingerprint density at radius 3 is 2.63 bits per heavy atom. The standard InChI is InChI=1S/C14H24N4O/c1-4-10-11(15)12(18(3)17-10)13(19)16-9-14(2)7-5-6-8-14/h4-9,15H2,1-3H3,(H,16,19). The molecule has 0 radical (unpaired) electrons. The van der Waals surface area contributed by atoms with E-state index in [1.54, 1.807) is 11.7 Å². The predicted octanol–water partition coefficient (Wildman–Crippen LogP) is 1.87. The number of amides is 1. The molecule has 1 aromatic rings. The number of anilines is 1. The van der Waals surface area contributed by atoms with Crippen molar-refractivity contribution in [3.63, 3.8) is 0 Å². The van der Waals surface area contributed by atoms with E-state index in [-0.39, 0.29) is 11.3 Å². The van der Waals surface area contributed by atoms with Crippen LogP contribution in [0.4, 0.5) is 5.69 Å². The Balaban J connectivity index is 2.06. The van der Waals surface area contributed by atoms with E-state index >= 15 is 0 Å². The minimum atomic E-state index is -0.111. The van der Waals surface area contributed by atoms with Gasteiger partial charge in [-0.1, -0.05) is 26.7 Å². The van der Waals surface area contributed by atoms with E-state index in [9.17, 15) is 4.79 Å². The van der Waals surface area contributed by atoms with Crippen LogP contribution in [0.25, 0.3) is 0 Å². The van der Waals surface area contributed by atoms with Gasteiger partial charge in [-0.2, -0.15) is 5.10 Å². The molecule has 1 aromatic heterocycles. The highest BCUT2D eigenvalue weighted by molar-refractivity contribution is 5.98.